The van der Waals surface area contributed by atoms with Gasteiger partial charge in [0.1, 0.15) is 0 Å². The van der Waals surface area contributed by atoms with E-state index in [0.717, 1.165) is 5.92 Å². The van der Waals surface area contributed by atoms with Gasteiger partial charge < -0.3 is 0 Å². The maximum Gasteiger partial charge on any atom is 0.347 e. The molecule has 4 heteroatoms. The van der Waals surface area contributed by atoms with Crippen LogP contribution in [0.4, 0.5) is 0 Å². The van der Waals surface area contributed by atoms with Crippen LogP contribution in [0.3, 0.4) is 0 Å². The van der Waals surface area contributed by atoms with Crippen molar-refractivity contribution >= 4 is 39.2 Å². The Bertz CT molecular complexity index is 216. The lowest BCUT2D eigenvalue weighted by Crippen LogP contribution is -2.39. The summed E-state index contributed by atoms with van der Waals surface area (Å²) in [6.07, 6.45) is 7.56. The highest BCUT2D eigenvalue weighted by atomic mass is 35.8. The first-order valence-electron chi connectivity index (χ1n) is 5.52. The molecule has 3 rings (SSSR count). The summed E-state index contributed by atoms with van der Waals surface area (Å²) in [7, 11) is 0. The topological polar surface area (TPSA) is 0 Å². The Hall–Kier alpha value is 1.09. The number of hydrogen-bond acceptors (Lipinski definition) is 0. The molecule has 3 saturated carbocycles. The highest BCUT2D eigenvalue weighted by Gasteiger charge is 2.56. The third-order valence-corrected chi connectivity index (χ3v) is 10.0. The highest BCUT2D eigenvalue weighted by molar-refractivity contribution is 7.65. The Morgan fingerprint density at radius 3 is 2.07 bits per heavy atom. The van der Waals surface area contributed by atoms with Crippen molar-refractivity contribution in [1.29, 1.82) is 0 Å². The van der Waals surface area contributed by atoms with E-state index >= 15 is 0 Å². The molecule has 0 heterocycles. The lowest BCUT2D eigenvalue weighted by Gasteiger charge is -2.44. The summed E-state index contributed by atoms with van der Waals surface area (Å²) >= 11 is 19.0. The summed E-state index contributed by atoms with van der Waals surface area (Å²) in [5.41, 5.74) is 0. The quantitative estimate of drug-likeness (QED) is 0.465. The van der Waals surface area contributed by atoms with Crippen LogP contribution in [-0.4, -0.2) is 6.00 Å². The Balaban J connectivity index is 2.30. The van der Waals surface area contributed by atoms with Crippen LogP contribution in [0.5, 0.6) is 0 Å². The van der Waals surface area contributed by atoms with Gasteiger partial charge in [0.15, 0.2) is 0 Å². The van der Waals surface area contributed by atoms with E-state index < -0.39 is 6.00 Å². The third-order valence-electron chi connectivity index (χ3n) is 4.51. The molecule has 0 amide bonds. The lowest BCUT2D eigenvalue weighted by atomic mass is 9.80. The zero-order valence-corrected chi connectivity index (χ0v) is 11.8. The predicted octanol–water partition coefficient (Wildman–Crippen LogP) is 5.00. The van der Waals surface area contributed by atoms with Crippen molar-refractivity contribution in [1.82, 2.24) is 0 Å². The van der Waals surface area contributed by atoms with Crippen LogP contribution in [0, 0.1) is 11.8 Å². The Kier molecular flexibility index (Phi) is 3.17. The number of halogens is 3. The Morgan fingerprint density at radius 2 is 1.57 bits per heavy atom. The summed E-state index contributed by atoms with van der Waals surface area (Å²) in [4.78, 5) is 0. The van der Waals surface area contributed by atoms with Gasteiger partial charge in [0.05, 0.1) is 0 Å². The van der Waals surface area contributed by atoms with Crippen molar-refractivity contribution in [3.63, 3.8) is 0 Å². The van der Waals surface area contributed by atoms with E-state index in [-0.39, 0.29) is 5.04 Å². The highest BCUT2D eigenvalue weighted by Crippen LogP contribution is 2.64. The first-order chi connectivity index (χ1) is 6.46. The molecule has 0 aromatic carbocycles. The van der Waals surface area contributed by atoms with Crippen LogP contribution >= 0.6 is 33.2 Å². The Morgan fingerprint density at radius 1 is 1.00 bits per heavy atom. The Labute approximate surface area is 101 Å². The zero-order valence-electron chi connectivity index (χ0n) is 8.53. The molecule has 0 N–H and O–H groups in total. The third kappa shape index (κ3) is 1.75. The van der Waals surface area contributed by atoms with Crippen LogP contribution in [0.1, 0.15) is 45.4 Å². The van der Waals surface area contributed by atoms with Gasteiger partial charge in [-0.15, -0.1) is 33.2 Å². The monoisotopic (exact) mass is 270 g/mol. The molecule has 82 valence electrons. The first kappa shape index (κ1) is 11.6. The van der Waals surface area contributed by atoms with Gasteiger partial charge in [0, 0.05) is 5.04 Å². The van der Waals surface area contributed by atoms with E-state index in [1.54, 1.807) is 0 Å². The number of rotatable bonds is 1. The number of hydrogen-bond donors (Lipinski definition) is 0. The molecule has 1 atom stereocenters. The van der Waals surface area contributed by atoms with Crippen molar-refractivity contribution in [3.8, 4) is 0 Å². The fourth-order valence-corrected chi connectivity index (χ4v) is 8.23. The van der Waals surface area contributed by atoms with Crippen LogP contribution in [0.2, 0.25) is 5.04 Å². The molecule has 0 saturated heterocycles. The maximum absolute atomic E-state index is 6.33. The minimum atomic E-state index is -2.55. The van der Waals surface area contributed by atoms with Crippen LogP contribution in [0.25, 0.3) is 0 Å². The van der Waals surface area contributed by atoms with Crippen molar-refractivity contribution in [3.05, 3.63) is 0 Å². The molecule has 3 aliphatic rings. The summed E-state index contributed by atoms with van der Waals surface area (Å²) in [6, 6.07) is -2.55. The van der Waals surface area contributed by atoms with Gasteiger partial charge >= 0.3 is 6.00 Å². The van der Waals surface area contributed by atoms with E-state index in [2.05, 4.69) is 6.92 Å². The minimum Gasteiger partial charge on any atom is -0.125 e. The molecule has 2 bridgehead atoms. The molecule has 3 fully saturated rings. The van der Waals surface area contributed by atoms with E-state index in [1.807, 2.05) is 0 Å². The SMILES string of the molecule is CC1CCC2CCC1([Si](Cl)(Cl)Cl)CC2. The van der Waals surface area contributed by atoms with Gasteiger partial charge in [0.25, 0.3) is 0 Å². The molecule has 0 aromatic heterocycles. The molecule has 14 heavy (non-hydrogen) atoms. The normalized spacial score (nSPS) is 43.7. The second-order valence-corrected chi connectivity index (χ2v) is 13.9. The minimum absolute atomic E-state index is 0.102. The van der Waals surface area contributed by atoms with Gasteiger partial charge in [-0.05, 0) is 24.7 Å². The largest absolute Gasteiger partial charge is 0.347 e. The molecular weight excluding hydrogens is 255 g/mol. The molecule has 0 radical (unpaired) electrons. The van der Waals surface area contributed by atoms with Crippen molar-refractivity contribution in [2.45, 2.75) is 50.5 Å². The summed E-state index contributed by atoms with van der Waals surface area (Å²) < 4.78 is 0. The summed E-state index contributed by atoms with van der Waals surface area (Å²) in [5, 5.41) is 0.102. The van der Waals surface area contributed by atoms with Gasteiger partial charge in [0.2, 0.25) is 0 Å². The molecule has 0 aromatic rings. The smallest absolute Gasteiger partial charge is 0.125 e. The maximum atomic E-state index is 6.33. The molecule has 0 spiro atoms. The lowest BCUT2D eigenvalue weighted by molar-refractivity contribution is 0.282. The second-order valence-electron chi connectivity index (χ2n) is 5.08. The fourth-order valence-electron chi connectivity index (χ4n) is 3.30. The van der Waals surface area contributed by atoms with Crippen LogP contribution < -0.4 is 0 Å². The second kappa shape index (κ2) is 3.83. The average molecular weight is 272 g/mol. The number of fused-ring (bicyclic) bond motifs is 4. The average Bonchev–Trinajstić information content (AvgIpc) is 2.36. The van der Waals surface area contributed by atoms with Crippen LogP contribution in [-0.2, 0) is 0 Å². The van der Waals surface area contributed by atoms with Gasteiger partial charge in [-0.1, -0.05) is 32.6 Å². The molecule has 3 aliphatic carbocycles. The van der Waals surface area contributed by atoms with E-state index in [9.17, 15) is 0 Å². The summed E-state index contributed by atoms with van der Waals surface area (Å²) in [5.74, 6) is 1.54. The molecular formula is C10H17Cl3Si. The van der Waals surface area contributed by atoms with Crippen molar-refractivity contribution < 1.29 is 0 Å². The van der Waals surface area contributed by atoms with Gasteiger partial charge in [-0.3, -0.25) is 0 Å². The van der Waals surface area contributed by atoms with E-state index in [0.29, 0.717) is 5.92 Å². The molecule has 1 unspecified atom stereocenters. The first-order valence-corrected chi connectivity index (χ1v) is 10.6. The van der Waals surface area contributed by atoms with Gasteiger partial charge in [-0.2, -0.15) is 0 Å². The molecule has 0 nitrogen and oxygen atoms in total. The molecule has 0 aliphatic heterocycles. The van der Waals surface area contributed by atoms with Gasteiger partial charge in [-0.25, -0.2) is 0 Å². The van der Waals surface area contributed by atoms with Crippen molar-refractivity contribution in [2.24, 2.45) is 11.8 Å². The summed E-state index contributed by atoms with van der Waals surface area (Å²) in [6.45, 7) is 2.29. The fraction of sp³-hybridized carbons (Fsp3) is 1.00. The van der Waals surface area contributed by atoms with E-state index in [1.165, 1.54) is 38.5 Å². The zero-order chi connectivity index (χ0) is 10.4. The van der Waals surface area contributed by atoms with Crippen LogP contribution in [0.15, 0.2) is 0 Å². The van der Waals surface area contributed by atoms with E-state index in [4.69, 9.17) is 33.2 Å². The standard InChI is InChI=1S/C10H17Cl3Si/c1-8-2-3-9-4-6-10(8,7-5-9)14(11,12)13/h8-9H,2-7H2,1H3. The van der Waals surface area contributed by atoms with Crippen molar-refractivity contribution in [2.75, 3.05) is 0 Å². The predicted molar refractivity (Wildman–Crippen MR) is 66.4 cm³/mol.